The van der Waals surface area contributed by atoms with E-state index in [1.54, 1.807) is 6.07 Å². The molecule has 0 radical (unpaired) electrons. The van der Waals surface area contributed by atoms with Crippen LogP contribution in [0.2, 0.25) is 10.0 Å². The molecule has 1 aliphatic carbocycles. The van der Waals surface area contributed by atoms with E-state index >= 15 is 0 Å². The number of rotatable bonds is 2. The molecule has 0 unspecified atom stereocenters. The first-order valence-electron chi connectivity index (χ1n) is 10.1. The number of nitrogens with one attached hydrogen (secondary N) is 1. The Morgan fingerprint density at radius 3 is 2.60 bits per heavy atom. The number of allylic oxidation sites excluding steroid dienone is 2. The lowest BCUT2D eigenvalue weighted by molar-refractivity contribution is -0.117. The van der Waals surface area contributed by atoms with Crippen LogP contribution in [0.5, 0.6) is 0 Å². The van der Waals surface area contributed by atoms with E-state index < -0.39 is 0 Å². The molecule has 1 aliphatic heterocycles. The zero-order chi connectivity index (χ0) is 21.0. The third kappa shape index (κ3) is 3.06. The number of anilines is 1. The molecule has 152 valence electrons. The highest BCUT2D eigenvalue weighted by Gasteiger charge is 2.39. The highest BCUT2D eigenvalue weighted by molar-refractivity contribution is 6.35. The first-order chi connectivity index (χ1) is 14.4. The van der Waals surface area contributed by atoms with Crippen molar-refractivity contribution in [3.05, 3.63) is 81.1 Å². The molecule has 0 amide bonds. The van der Waals surface area contributed by atoms with Crippen LogP contribution >= 0.6 is 23.2 Å². The van der Waals surface area contributed by atoms with Gasteiger partial charge in [-0.05, 0) is 37.0 Å². The largest absolute Gasteiger partial charge is 0.343 e. The molecule has 2 heterocycles. The van der Waals surface area contributed by atoms with Crippen LogP contribution in [0.4, 0.5) is 5.82 Å². The van der Waals surface area contributed by atoms with Crippen LogP contribution in [0.1, 0.15) is 37.1 Å². The number of hydrogen-bond donors (Lipinski definition) is 1. The molecule has 30 heavy (non-hydrogen) atoms. The minimum absolute atomic E-state index is 0.146. The minimum atomic E-state index is -0.378. The van der Waals surface area contributed by atoms with Crippen molar-refractivity contribution in [2.24, 2.45) is 5.92 Å². The highest BCUT2D eigenvalue weighted by Crippen LogP contribution is 2.47. The molecular formula is C24H21Cl2N3O. The van der Waals surface area contributed by atoms with E-state index in [0.29, 0.717) is 22.4 Å². The summed E-state index contributed by atoms with van der Waals surface area (Å²) >= 11 is 12.8. The first kappa shape index (κ1) is 19.4. The average Bonchev–Trinajstić information content (AvgIpc) is 3.02. The van der Waals surface area contributed by atoms with Gasteiger partial charge in [0.1, 0.15) is 11.9 Å². The van der Waals surface area contributed by atoms with Gasteiger partial charge in [0.2, 0.25) is 0 Å². The number of fused-ring (bicyclic) bond motifs is 1. The molecule has 3 aromatic rings. The Morgan fingerprint density at radius 2 is 1.87 bits per heavy atom. The van der Waals surface area contributed by atoms with Gasteiger partial charge >= 0.3 is 0 Å². The summed E-state index contributed by atoms with van der Waals surface area (Å²) < 4.78 is 1.92. The molecule has 4 nitrogen and oxygen atoms in total. The molecule has 6 heteroatoms. The number of benzene rings is 2. The van der Waals surface area contributed by atoms with Gasteiger partial charge in [0.25, 0.3) is 0 Å². The van der Waals surface area contributed by atoms with Crippen LogP contribution in [0.3, 0.4) is 0 Å². The van der Waals surface area contributed by atoms with E-state index in [4.69, 9.17) is 28.3 Å². The fraction of sp³-hybridized carbons (Fsp3) is 0.250. The van der Waals surface area contributed by atoms with Gasteiger partial charge in [-0.1, -0.05) is 66.5 Å². The first-order valence-corrected chi connectivity index (χ1v) is 10.8. The molecule has 5 rings (SSSR count). The van der Waals surface area contributed by atoms with Crippen LogP contribution in [0.15, 0.2) is 59.8 Å². The summed E-state index contributed by atoms with van der Waals surface area (Å²) in [6.45, 7) is 4.11. The van der Waals surface area contributed by atoms with Crippen molar-refractivity contribution in [2.45, 2.75) is 32.7 Å². The molecular weight excluding hydrogens is 417 g/mol. The fourth-order valence-electron chi connectivity index (χ4n) is 4.64. The molecule has 0 fully saturated rings. The smallest absolute Gasteiger partial charge is 0.163 e. The van der Waals surface area contributed by atoms with Gasteiger partial charge in [0, 0.05) is 38.9 Å². The van der Waals surface area contributed by atoms with Crippen molar-refractivity contribution >= 4 is 34.8 Å². The van der Waals surface area contributed by atoms with Crippen LogP contribution in [0, 0.1) is 12.8 Å². The Hall–Kier alpha value is -2.56. The van der Waals surface area contributed by atoms with E-state index in [1.165, 1.54) is 0 Å². The number of halogens is 2. The van der Waals surface area contributed by atoms with Crippen molar-refractivity contribution in [3.8, 4) is 11.1 Å². The van der Waals surface area contributed by atoms with Crippen molar-refractivity contribution in [1.82, 2.24) is 9.78 Å². The van der Waals surface area contributed by atoms with Crippen LogP contribution in [0.25, 0.3) is 11.1 Å². The standard InChI is InChI=1S/C24H21Cl2N3O/c1-13-10-19-22(20(30)11-13)23(17-9-8-16(25)12-18(17)26)29-24(27-19)21(14(2)28-29)15-6-4-3-5-7-15/h3-9,12-13,23,27H,10-11H2,1-2H3/t13-,23-/m1/s1. The summed E-state index contributed by atoms with van der Waals surface area (Å²) in [4.78, 5) is 13.2. The van der Waals surface area contributed by atoms with Crippen molar-refractivity contribution < 1.29 is 4.79 Å². The molecule has 0 spiro atoms. The van der Waals surface area contributed by atoms with Crippen molar-refractivity contribution in [3.63, 3.8) is 0 Å². The van der Waals surface area contributed by atoms with Crippen molar-refractivity contribution in [2.75, 3.05) is 5.32 Å². The lowest BCUT2D eigenvalue weighted by Crippen LogP contribution is -2.33. The second-order valence-electron chi connectivity index (χ2n) is 8.14. The lowest BCUT2D eigenvalue weighted by Gasteiger charge is -2.35. The van der Waals surface area contributed by atoms with Gasteiger partial charge in [-0.25, -0.2) is 4.68 Å². The Balaban J connectivity index is 1.77. The molecule has 2 atom stereocenters. The maximum Gasteiger partial charge on any atom is 0.163 e. The van der Waals surface area contributed by atoms with Gasteiger partial charge in [-0.15, -0.1) is 0 Å². The number of carbonyl (C=O) groups excluding carboxylic acids is 1. The topological polar surface area (TPSA) is 46.9 Å². The monoisotopic (exact) mass is 437 g/mol. The summed E-state index contributed by atoms with van der Waals surface area (Å²) in [7, 11) is 0. The van der Waals surface area contributed by atoms with Crippen LogP contribution in [-0.4, -0.2) is 15.6 Å². The average molecular weight is 438 g/mol. The summed E-state index contributed by atoms with van der Waals surface area (Å²) in [6, 6.07) is 15.3. The molecule has 2 aromatic carbocycles. The maximum absolute atomic E-state index is 13.2. The molecule has 1 N–H and O–H groups in total. The second-order valence-corrected chi connectivity index (χ2v) is 8.99. The Bertz CT molecular complexity index is 1200. The number of aryl methyl sites for hydroxylation is 1. The molecule has 0 saturated carbocycles. The van der Waals surface area contributed by atoms with E-state index in [9.17, 15) is 4.79 Å². The fourth-order valence-corrected chi connectivity index (χ4v) is 5.15. The number of carbonyl (C=O) groups is 1. The van der Waals surface area contributed by atoms with Crippen LogP contribution in [-0.2, 0) is 4.79 Å². The number of hydrogen-bond acceptors (Lipinski definition) is 3. The van der Waals surface area contributed by atoms with Crippen molar-refractivity contribution in [1.29, 1.82) is 0 Å². The Morgan fingerprint density at radius 1 is 1.10 bits per heavy atom. The molecule has 2 aliphatic rings. The third-order valence-corrected chi connectivity index (χ3v) is 6.47. The summed E-state index contributed by atoms with van der Waals surface area (Å²) in [5, 5.41) is 9.54. The Labute approximate surface area is 185 Å². The number of ketones is 1. The number of nitrogens with zero attached hydrogens (tertiary/aromatic N) is 2. The maximum atomic E-state index is 13.2. The second kappa shape index (κ2) is 7.29. The van der Waals surface area contributed by atoms with Crippen LogP contribution < -0.4 is 5.32 Å². The van der Waals surface area contributed by atoms with Gasteiger partial charge in [0.05, 0.1) is 5.69 Å². The van der Waals surface area contributed by atoms with E-state index in [-0.39, 0.29) is 11.8 Å². The quantitative estimate of drug-likeness (QED) is 0.501. The molecule has 0 bridgehead atoms. The normalized spacial score (nSPS) is 20.6. The number of Topliss-reactive ketones (excluding diaryl/α,β-unsaturated/α-hetero) is 1. The Kier molecular flexibility index (Phi) is 4.72. The zero-order valence-corrected chi connectivity index (χ0v) is 18.3. The van der Waals surface area contributed by atoms with Gasteiger partial charge in [-0.3, -0.25) is 4.79 Å². The predicted molar refractivity (Wildman–Crippen MR) is 121 cm³/mol. The SMILES string of the molecule is Cc1nn2c(c1-c1ccccc1)NC1=C(C(=O)C[C@H](C)C1)[C@H]2c1ccc(Cl)cc1Cl. The van der Waals surface area contributed by atoms with Gasteiger partial charge < -0.3 is 5.32 Å². The molecule has 0 saturated heterocycles. The lowest BCUT2D eigenvalue weighted by atomic mass is 9.81. The van der Waals surface area contributed by atoms with Gasteiger partial charge in [0.15, 0.2) is 5.78 Å². The van der Waals surface area contributed by atoms with E-state index in [0.717, 1.165) is 45.9 Å². The third-order valence-electron chi connectivity index (χ3n) is 5.90. The number of aromatic nitrogens is 2. The minimum Gasteiger partial charge on any atom is -0.343 e. The van der Waals surface area contributed by atoms with Gasteiger partial charge in [-0.2, -0.15) is 5.10 Å². The van der Waals surface area contributed by atoms with E-state index in [1.807, 2.05) is 41.9 Å². The van der Waals surface area contributed by atoms with E-state index in [2.05, 4.69) is 24.4 Å². The zero-order valence-electron chi connectivity index (χ0n) is 16.7. The summed E-state index contributed by atoms with van der Waals surface area (Å²) in [5.41, 5.74) is 5.60. The summed E-state index contributed by atoms with van der Waals surface area (Å²) in [6.07, 6.45) is 1.35. The highest BCUT2D eigenvalue weighted by atomic mass is 35.5. The predicted octanol–water partition coefficient (Wildman–Crippen LogP) is 6.43. The summed E-state index contributed by atoms with van der Waals surface area (Å²) in [5.74, 6) is 1.34. The molecule has 1 aromatic heterocycles.